The summed E-state index contributed by atoms with van der Waals surface area (Å²) in [5, 5.41) is 12.5. The molecule has 4 rings (SSSR count). The van der Waals surface area contributed by atoms with E-state index in [-0.39, 0.29) is 11.7 Å². The fraction of sp³-hybridized carbons (Fsp3) is 0.318. The van der Waals surface area contributed by atoms with Gasteiger partial charge in [0.25, 0.3) is 0 Å². The van der Waals surface area contributed by atoms with Gasteiger partial charge in [-0.05, 0) is 50.2 Å². The second-order valence-corrected chi connectivity index (χ2v) is 8.03. The number of rotatable bonds is 8. The second-order valence-electron chi connectivity index (χ2n) is 7.09. The Morgan fingerprint density at radius 2 is 1.80 bits per heavy atom. The molecule has 1 aliphatic heterocycles. The second kappa shape index (κ2) is 9.77. The highest BCUT2D eigenvalue weighted by molar-refractivity contribution is 7.99. The van der Waals surface area contributed by atoms with Crippen LogP contribution in [0, 0.1) is 0 Å². The summed E-state index contributed by atoms with van der Waals surface area (Å²) in [7, 11) is 1.59. The van der Waals surface area contributed by atoms with Crippen LogP contribution in [0.5, 0.6) is 5.75 Å². The highest BCUT2D eigenvalue weighted by Gasteiger charge is 2.20. The van der Waals surface area contributed by atoms with E-state index in [0.29, 0.717) is 16.6 Å². The van der Waals surface area contributed by atoms with Crippen LogP contribution in [0.25, 0.3) is 5.69 Å². The van der Waals surface area contributed by atoms with Crippen molar-refractivity contribution in [2.75, 3.05) is 31.3 Å². The molecule has 0 saturated carbocycles. The molecule has 1 saturated heterocycles. The van der Waals surface area contributed by atoms with Crippen molar-refractivity contribution < 1.29 is 9.53 Å². The average molecular weight is 424 g/mol. The number of nitrogens with zero attached hydrogens (tertiary/aromatic N) is 4. The summed E-state index contributed by atoms with van der Waals surface area (Å²) in [6.45, 7) is 2.94. The van der Waals surface area contributed by atoms with E-state index in [1.165, 1.54) is 24.6 Å². The Bertz CT molecular complexity index is 986. The Hall–Kier alpha value is -2.84. The van der Waals surface area contributed by atoms with Crippen molar-refractivity contribution in [2.24, 2.45) is 0 Å². The predicted octanol–water partition coefficient (Wildman–Crippen LogP) is 3.60. The van der Waals surface area contributed by atoms with Crippen molar-refractivity contribution in [1.29, 1.82) is 0 Å². The molecule has 1 aromatic heterocycles. The molecule has 1 fully saturated rings. The van der Waals surface area contributed by atoms with Crippen molar-refractivity contribution in [1.82, 2.24) is 19.7 Å². The number of para-hydroxylation sites is 3. The van der Waals surface area contributed by atoms with Gasteiger partial charge in [-0.3, -0.25) is 14.3 Å². The van der Waals surface area contributed by atoms with Gasteiger partial charge in [-0.1, -0.05) is 42.1 Å². The quantitative estimate of drug-likeness (QED) is 0.558. The van der Waals surface area contributed by atoms with Gasteiger partial charge in [-0.2, -0.15) is 0 Å². The van der Waals surface area contributed by atoms with Crippen molar-refractivity contribution in [3.05, 3.63) is 60.4 Å². The number of hydrogen-bond donors (Lipinski definition) is 1. The van der Waals surface area contributed by atoms with Crippen molar-refractivity contribution in [3.63, 3.8) is 0 Å². The van der Waals surface area contributed by atoms with E-state index in [1.54, 1.807) is 7.11 Å². The molecule has 0 spiro atoms. The minimum Gasteiger partial charge on any atom is -0.495 e. The first-order chi connectivity index (χ1) is 14.7. The molecule has 0 atom stereocenters. The monoisotopic (exact) mass is 423 g/mol. The molecule has 0 aliphatic carbocycles. The first kappa shape index (κ1) is 20.4. The molecule has 8 heteroatoms. The number of hydrogen-bond acceptors (Lipinski definition) is 6. The molecular formula is C22H25N5O2S. The van der Waals surface area contributed by atoms with Gasteiger partial charge in [0.1, 0.15) is 5.75 Å². The molecular weight excluding hydrogens is 398 g/mol. The molecule has 7 nitrogen and oxygen atoms in total. The summed E-state index contributed by atoms with van der Waals surface area (Å²) in [6, 6.07) is 17.4. The first-order valence-electron chi connectivity index (χ1n) is 10.0. The number of likely N-dealkylation sites (tertiary alicyclic amines) is 1. The van der Waals surface area contributed by atoms with Crippen LogP contribution in [0.2, 0.25) is 0 Å². The third kappa shape index (κ3) is 4.83. The molecule has 0 radical (unpaired) electrons. The van der Waals surface area contributed by atoms with E-state index < -0.39 is 0 Å². The minimum atomic E-state index is -0.117. The van der Waals surface area contributed by atoms with Crippen LogP contribution < -0.4 is 10.1 Å². The zero-order valence-electron chi connectivity index (χ0n) is 17.0. The lowest BCUT2D eigenvalue weighted by atomic mass is 10.3. The molecule has 156 valence electrons. The summed E-state index contributed by atoms with van der Waals surface area (Å²) in [5.74, 6) is 1.65. The van der Waals surface area contributed by atoms with E-state index in [0.717, 1.165) is 31.1 Å². The standard InChI is InChI=1S/C22H25N5O2S/c1-29-19-12-6-5-11-18(19)23-21(28)16-30-22-25-24-20(15-26-13-7-8-14-26)27(22)17-9-3-2-4-10-17/h2-6,9-12H,7-8,13-16H2,1H3,(H,23,28). The highest BCUT2D eigenvalue weighted by Crippen LogP contribution is 2.26. The van der Waals surface area contributed by atoms with Crippen LogP contribution >= 0.6 is 11.8 Å². The number of nitrogens with one attached hydrogen (secondary N) is 1. The summed E-state index contributed by atoms with van der Waals surface area (Å²) in [4.78, 5) is 14.9. The number of benzene rings is 2. The molecule has 3 aromatic rings. The Morgan fingerprint density at radius 1 is 1.07 bits per heavy atom. The lowest BCUT2D eigenvalue weighted by Gasteiger charge is -2.16. The third-order valence-electron chi connectivity index (χ3n) is 4.99. The smallest absolute Gasteiger partial charge is 0.234 e. The Morgan fingerprint density at radius 3 is 2.57 bits per heavy atom. The topological polar surface area (TPSA) is 72.3 Å². The first-order valence-corrected chi connectivity index (χ1v) is 11.0. The van der Waals surface area contributed by atoms with Gasteiger partial charge in [0.2, 0.25) is 5.91 Å². The average Bonchev–Trinajstić information content (AvgIpc) is 3.43. The van der Waals surface area contributed by atoms with Crippen molar-refractivity contribution >= 4 is 23.4 Å². The largest absolute Gasteiger partial charge is 0.495 e. The van der Waals surface area contributed by atoms with Crippen LogP contribution in [0.4, 0.5) is 5.69 Å². The summed E-state index contributed by atoms with van der Waals surface area (Å²) in [6.07, 6.45) is 2.45. The van der Waals surface area contributed by atoms with E-state index in [9.17, 15) is 4.79 Å². The van der Waals surface area contributed by atoms with E-state index >= 15 is 0 Å². The molecule has 1 aliphatic rings. The van der Waals surface area contributed by atoms with E-state index in [2.05, 4.69) is 25.0 Å². The van der Waals surface area contributed by atoms with E-state index in [1.807, 2.05) is 54.6 Å². The van der Waals surface area contributed by atoms with Crippen LogP contribution in [-0.4, -0.2) is 51.5 Å². The number of aromatic nitrogens is 3. The summed E-state index contributed by atoms with van der Waals surface area (Å²) < 4.78 is 7.35. The number of thioether (sulfide) groups is 1. The molecule has 2 heterocycles. The van der Waals surface area contributed by atoms with Gasteiger partial charge in [0, 0.05) is 5.69 Å². The maximum Gasteiger partial charge on any atom is 0.234 e. The molecule has 1 N–H and O–H groups in total. The zero-order valence-corrected chi connectivity index (χ0v) is 17.8. The summed E-state index contributed by atoms with van der Waals surface area (Å²) in [5.41, 5.74) is 1.66. The van der Waals surface area contributed by atoms with Gasteiger partial charge in [0.05, 0.1) is 25.1 Å². The molecule has 2 aromatic carbocycles. The van der Waals surface area contributed by atoms with Crippen LogP contribution in [0.3, 0.4) is 0 Å². The molecule has 0 unspecified atom stereocenters. The van der Waals surface area contributed by atoms with Gasteiger partial charge < -0.3 is 10.1 Å². The normalized spacial score (nSPS) is 14.0. The Balaban J connectivity index is 1.49. The van der Waals surface area contributed by atoms with E-state index in [4.69, 9.17) is 4.74 Å². The predicted molar refractivity (Wildman–Crippen MR) is 118 cm³/mol. The zero-order chi connectivity index (χ0) is 20.8. The van der Waals surface area contributed by atoms with Gasteiger partial charge in [0.15, 0.2) is 11.0 Å². The number of carbonyl (C=O) groups excluding carboxylic acids is 1. The number of carbonyl (C=O) groups is 1. The van der Waals surface area contributed by atoms with Crippen LogP contribution in [0.1, 0.15) is 18.7 Å². The van der Waals surface area contributed by atoms with Crippen LogP contribution in [-0.2, 0) is 11.3 Å². The lowest BCUT2D eigenvalue weighted by molar-refractivity contribution is -0.113. The van der Waals surface area contributed by atoms with Crippen molar-refractivity contribution in [2.45, 2.75) is 24.5 Å². The fourth-order valence-corrected chi connectivity index (χ4v) is 4.31. The minimum absolute atomic E-state index is 0.117. The SMILES string of the molecule is COc1ccccc1NC(=O)CSc1nnc(CN2CCCC2)n1-c1ccccc1. The van der Waals surface area contributed by atoms with Gasteiger partial charge in [-0.15, -0.1) is 10.2 Å². The van der Waals surface area contributed by atoms with Gasteiger partial charge >= 0.3 is 0 Å². The lowest BCUT2D eigenvalue weighted by Crippen LogP contribution is -2.21. The van der Waals surface area contributed by atoms with Crippen LogP contribution in [0.15, 0.2) is 59.8 Å². The number of anilines is 1. The number of methoxy groups -OCH3 is 1. The number of amides is 1. The molecule has 0 bridgehead atoms. The molecule has 1 amide bonds. The summed E-state index contributed by atoms with van der Waals surface area (Å²) >= 11 is 1.38. The Kier molecular flexibility index (Phi) is 6.66. The fourth-order valence-electron chi connectivity index (χ4n) is 3.54. The van der Waals surface area contributed by atoms with Gasteiger partial charge in [-0.25, -0.2) is 0 Å². The van der Waals surface area contributed by atoms with Crippen molar-refractivity contribution in [3.8, 4) is 11.4 Å². The third-order valence-corrected chi connectivity index (χ3v) is 5.92. The molecule has 30 heavy (non-hydrogen) atoms. The highest BCUT2D eigenvalue weighted by atomic mass is 32.2. The number of ether oxygens (including phenoxy) is 1. The maximum absolute atomic E-state index is 12.5. The Labute approximate surface area is 180 Å². The maximum atomic E-state index is 12.5.